The molecule has 1 atom stereocenters. The average Bonchev–Trinajstić information content (AvgIpc) is 2.71. The van der Waals surface area contributed by atoms with Gasteiger partial charge in [0.05, 0.1) is 0 Å². The Labute approximate surface area is 106 Å². The van der Waals surface area contributed by atoms with Crippen LogP contribution in [0.25, 0.3) is 0 Å². The summed E-state index contributed by atoms with van der Waals surface area (Å²) in [7, 11) is 0. The molecule has 0 radical (unpaired) electrons. The fourth-order valence-electron chi connectivity index (χ4n) is 2.28. The molecule has 2 heterocycles. The minimum absolute atomic E-state index is 0.363. The molecule has 16 heavy (non-hydrogen) atoms. The van der Waals surface area contributed by atoms with E-state index in [9.17, 15) is 0 Å². The molecule has 0 bridgehead atoms. The molecule has 0 aliphatic carbocycles. The zero-order valence-electron chi connectivity index (χ0n) is 9.98. The molecule has 1 aliphatic heterocycles. The predicted octanol–water partition coefficient (Wildman–Crippen LogP) is 2.58. The smallest absolute Gasteiger partial charge is 0.0479 e. The van der Waals surface area contributed by atoms with Crippen molar-refractivity contribution in [2.75, 3.05) is 25.4 Å². The van der Waals surface area contributed by atoms with Crippen LogP contribution in [-0.2, 0) is 0 Å². The molecule has 1 aromatic heterocycles. The van der Waals surface area contributed by atoms with Crippen LogP contribution in [0.3, 0.4) is 0 Å². The van der Waals surface area contributed by atoms with Crippen LogP contribution in [0.5, 0.6) is 0 Å². The van der Waals surface area contributed by atoms with Crippen molar-refractivity contribution >= 4 is 23.1 Å². The molecule has 1 aromatic rings. The molecule has 1 aliphatic rings. The lowest BCUT2D eigenvalue weighted by atomic mass is 10.1. The maximum Gasteiger partial charge on any atom is 0.0479 e. The van der Waals surface area contributed by atoms with Crippen LogP contribution in [0, 0.1) is 0 Å². The number of thioether (sulfide) groups is 1. The average molecular weight is 256 g/mol. The molecule has 90 valence electrons. The largest absolute Gasteiger partial charge is 0.329 e. The maximum absolute atomic E-state index is 5.94. The molecule has 0 amide bonds. The van der Waals surface area contributed by atoms with Crippen molar-refractivity contribution in [2.24, 2.45) is 5.73 Å². The number of nitrogens with zero attached hydrogens (tertiary/aromatic N) is 1. The van der Waals surface area contributed by atoms with Gasteiger partial charge in [-0.3, -0.25) is 4.90 Å². The first-order chi connectivity index (χ1) is 7.62. The molecule has 0 spiro atoms. The van der Waals surface area contributed by atoms with Crippen molar-refractivity contribution in [3.8, 4) is 0 Å². The lowest BCUT2D eigenvalue weighted by Crippen LogP contribution is -2.46. The van der Waals surface area contributed by atoms with Gasteiger partial charge in [-0.2, -0.15) is 23.1 Å². The molecule has 1 unspecified atom stereocenters. The first kappa shape index (κ1) is 12.4. The first-order valence-corrected chi connectivity index (χ1v) is 7.65. The normalized spacial score (nSPS) is 23.2. The van der Waals surface area contributed by atoms with Crippen LogP contribution in [0.15, 0.2) is 16.8 Å². The summed E-state index contributed by atoms with van der Waals surface area (Å²) in [6.45, 7) is 7.66. The van der Waals surface area contributed by atoms with Crippen molar-refractivity contribution in [3.05, 3.63) is 22.4 Å². The van der Waals surface area contributed by atoms with Crippen molar-refractivity contribution in [1.29, 1.82) is 0 Å². The highest BCUT2D eigenvalue weighted by Crippen LogP contribution is 2.34. The molecule has 2 nitrogen and oxygen atoms in total. The van der Waals surface area contributed by atoms with Gasteiger partial charge in [-0.25, -0.2) is 0 Å². The fourth-order valence-corrected chi connectivity index (χ4v) is 4.12. The zero-order valence-corrected chi connectivity index (χ0v) is 11.6. The van der Waals surface area contributed by atoms with Crippen LogP contribution in [0.4, 0.5) is 0 Å². The number of rotatable bonds is 3. The van der Waals surface area contributed by atoms with Crippen molar-refractivity contribution in [1.82, 2.24) is 4.90 Å². The topological polar surface area (TPSA) is 29.3 Å². The zero-order chi connectivity index (χ0) is 11.6. The van der Waals surface area contributed by atoms with Gasteiger partial charge in [0.1, 0.15) is 0 Å². The molecular weight excluding hydrogens is 236 g/mol. The van der Waals surface area contributed by atoms with E-state index < -0.39 is 0 Å². The van der Waals surface area contributed by atoms with E-state index in [2.05, 4.69) is 47.3 Å². The van der Waals surface area contributed by atoms with E-state index in [1.165, 1.54) is 11.3 Å². The third kappa shape index (κ3) is 2.80. The summed E-state index contributed by atoms with van der Waals surface area (Å²) in [6.07, 6.45) is 0. The minimum atomic E-state index is 0.363. The molecule has 0 aromatic carbocycles. The molecule has 2 N–H and O–H groups in total. The first-order valence-electron chi connectivity index (χ1n) is 5.72. The Balaban J connectivity index is 2.10. The van der Waals surface area contributed by atoms with E-state index >= 15 is 0 Å². The summed E-state index contributed by atoms with van der Waals surface area (Å²) in [5.74, 6) is 1.22. The van der Waals surface area contributed by atoms with Gasteiger partial charge in [-0.15, -0.1) is 0 Å². The van der Waals surface area contributed by atoms with Crippen LogP contribution >= 0.6 is 23.1 Å². The Morgan fingerprint density at radius 2 is 2.38 bits per heavy atom. The SMILES string of the molecule is CC1(C)CN(C(CN)c2ccsc2)CCS1. The Hall–Kier alpha value is -0.0300. The van der Waals surface area contributed by atoms with E-state index in [0.717, 1.165) is 19.6 Å². The summed E-state index contributed by atoms with van der Waals surface area (Å²) in [4.78, 5) is 2.54. The van der Waals surface area contributed by atoms with Gasteiger partial charge >= 0.3 is 0 Å². The number of thiophene rings is 1. The quantitative estimate of drug-likeness (QED) is 0.901. The van der Waals surface area contributed by atoms with Crippen molar-refractivity contribution < 1.29 is 0 Å². The molecule has 0 saturated carbocycles. The van der Waals surface area contributed by atoms with E-state index in [1.807, 2.05) is 0 Å². The summed E-state index contributed by atoms with van der Waals surface area (Å²) < 4.78 is 0.363. The maximum atomic E-state index is 5.94. The van der Waals surface area contributed by atoms with E-state index in [1.54, 1.807) is 11.3 Å². The minimum Gasteiger partial charge on any atom is -0.329 e. The van der Waals surface area contributed by atoms with Gasteiger partial charge in [0.25, 0.3) is 0 Å². The van der Waals surface area contributed by atoms with Crippen molar-refractivity contribution in [2.45, 2.75) is 24.6 Å². The summed E-state index contributed by atoms with van der Waals surface area (Å²) in [5.41, 5.74) is 7.32. The molecule has 2 rings (SSSR count). The Morgan fingerprint density at radius 1 is 1.56 bits per heavy atom. The number of nitrogens with two attached hydrogens (primary N) is 1. The summed E-state index contributed by atoms with van der Waals surface area (Å²) in [5, 5.41) is 4.37. The molecular formula is C12H20N2S2. The van der Waals surface area contributed by atoms with Crippen molar-refractivity contribution in [3.63, 3.8) is 0 Å². The third-order valence-corrected chi connectivity index (χ3v) is 5.05. The Morgan fingerprint density at radius 3 is 2.94 bits per heavy atom. The number of hydrogen-bond acceptors (Lipinski definition) is 4. The van der Waals surface area contributed by atoms with Gasteiger partial charge in [-0.05, 0) is 36.2 Å². The van der Waals surface area contributed by atoms with Crippen LogP contribution in [0.2, 0.25) is 0 Å². The Kier molecular flexibility index (Phi) is 3.95. The second kappa shape index (κ2) is 5.08. The second-order valence-corrected chi connectivity index (χ2v) is 7.47. The highest BCUT2D eigenvalue weighted by atomic mass is 32.2. The van der Waals surface area contributed by atoms with Gasteiger partial charge in [0.15, 0.2) is 0 Å². The molecule has 1 fully saturated rings. The summed E-state index contributed by atoms with van der Waals surface area (Å²) in [6, 6.07) is 2.61. The van der Waals surface area contributed by atoms with Gasteiger partial charge in [0.2, 0.25) is 0 Å². The van der Waals surface area contributed by atoms with Gasteiger partial charge in [0, 0.05) is 36.2 Å². The fraction of sp³-hybridized carbons (Fsp3) is 0.667. The van der Waals surface area contributed by atoms with Crippen LogP contribution in [-0.4, -0.2) is 35.0 Å². The monoisotopic (exact) mass is 256 g/mol. The lowest BCUT2D eigenvalue weighted by Gasteiger charge is -2.41. The Bertz CT molecular complexity index is 322. The lowest BCUT2D eigenvalue weighted by molar-refractivity contribution is 0.192. The van der Waals surface area contributed by atoms with Crippen LogP contribution < -0.4 is 5.73 Å². The second-order valence-electron chi connectivity index (χ2n) is 4.89. The van der Waals surface area contributed by atoms with Gasteiger partial charge in [-0.1, -0.05) is 0 Å². The van der Waals surface area contributed by atoms with E-state index in [4.69, 9.17) is 5.73 Å². The number of hydrogen-bond donors (Lipinski definition) is 1. The third-order valence-electron chi connectivity index (χ3n) is 3.05. The molecule has 1 saturated heterocycles. The molecule has 4 heteroatoms. The predicted molar refractivity (Wildman–Crippen MR) is 74.2 cm³/mol. The van der Waals surface area contributed by atoms with Crippen LogP contribution in [0.1, 0.15) is 25.5 Å². The highest BCUT2D eigenvalue weighted by molar-refractivity contribution is 8.00. The summed E-state index contributed by atoms with van der Waals surface area (Å²) >= 11 is 3.83. The standard InChI is InChI=1S/C12H20N2S2/c1-12(2)9-14(4-6-16-12)11(7-13)10-3-5-15-8-10/h3,5,8,11H,4,6-7,9,13H2,1-2H3. The highest BCUT2D eigenvalue weighted by Gasteiger charge is 2.31. The van der Waals surface area contributed by atoms with E-state index in [0.29, 0.717) is 10.8 Å². The van der Waals surface area contributed by atoms with Gasteiger partial charge < -0.3 is 5.73 Å². The van der Waals surface area contributed by atoms with E-state index in [-0.39, 0.29) is 0 Å².